The van der Waals surface area contributed by atoms with Gasteiger partial charge in [0.05, 0.1) is 0 Å². The number of hydrogen-bond acceptors (Lipinski definition) is 3. The molecule has 114 valence electrons. The molecule has 2 N–H and O–H groups in total. The van der Waals surface area contributed by atoms with Gasteiger partial charge in [-0.05, 0) is 18.3 Å². The zero-order valence-electron chi connectivity index (χ0n) is 12.5. The fourth-order valence-corrected chi connectivity index (χ4v) is 2.65. The average Bonchev–Trinajstić information content (AvgIpc) is 2.35. The van der Waals surface area contributed by atoms with Gasteiger partial charge in [-0.2, -0.15) is 0 Å². The molecule has 1 aliphatic heterocycles. The number of hydrogen-bond donors (Lipinski definition) is 2. The third-order valence-corrected chi connectivity index (χ3v) is 3.74. The number of aliphatic carboxylic acids is 1. The Labute approximate surface area is 118 Å². The second kappa shape index (κ2) is 6.11. The molecule has 1 heterocycles. The Morgan fingerprint density at radius 1 is 1.40 bits per heavy atom. The number of rotatable bonds is 3. The van der Waals surface area contributed by atoms with E-state index in [0.29, 0.717) is 6.54 Å². The van der Waals surface area contributed by atoms with E-state index in [9.17, 15) is 19.5 Å². The quantitative estimate of drug-likeness (QED) is 0.783. The van der Waals surface area contributed by atoms with Gasteiger partial charge in [0.25, 0.3) is 0 Å². The molecule has 0 aromatic heterocycles. The minimum absolute atomic E-state index is 0.0847. The first-order valence-electron chi connectivity index (χ1n) is 6.66. The van der Waals surface area contributed by atoms with E-state index in [1.165, 1.54) is 23.9 Å². The Morgan fingerprint density at radius 3 is 2.50 bits per heavy atom. The van der Waals surface area contributed by atoms with Crippen LogP contribution in [-0.2, 0) is 9.59 Å². The molecule has 0 aromatic carbocycles. The second-order valence-electron chi connectivity index (χ2n) is 5.84. The predicted molar refractivity (Wildman–Crippen MR) is 73.2 cm³/mol. The number of piperidine rings is 1. The number of likely N-dealkylation sites (tertiary alicyclic amines) is 1. The number of nitrogens with one attached hydrogen (secondary N) is 1. The molecule has 1 atom stereocenters. The molecule has 7 heteroatoms. The molecule has 1 unspecified atom stereocenters. The highest BCUT2D eigenvalue weighted by Gasteiger charge is 2.45. The lowest BCUT2D eigenvalue weighted by Gasteiger charge is -2.44. The molecule has 0 aliphatic carbocycles. The van der Waals surface area contributed by atoms with Crippen LogP contribution in [0.25, 0.3) is 0 Å². The molecule has 1 rings (SSSR count). The lowest BCUT2D eigenvalue weighted by Crippen LogP contribution is -2.59. The monoisotopic (exact) mass is 285 g/mol. The standard InChI is InChI=1S/C13H23N3O4/c1-13(2)6-5-7-16(10(13)11(18)19)12(20)15(4)8-9(17)14-3/h10H,5-8H2,1-4H3,(H,14,17)(H,18,19). The predicted octanol–water partition coefficient (Wildman–Crippen LogP) is 0.359. The van der Waals surface area contributed by atoms with E-state index in [1.54, 1.807) is 0 Å². The molecule has 0 spiro atoms. The van der Waals surface area contributed by atoms with Crippen molar-refractivity contribution < 1.29 is 19.5 Å². The van der Waals surface area contributed by atoms with Crippen LogP contribution in [0.2, 0.25) is 0 Å². The van der Waals surface area contributed by atoms with Crippen LogP contribution in [0.3, 0.4) is 0 Å². The topological polar surface area (TPSA) is 90.0 Å². The molecular weight excluding hydrogens is 262 g/mol. The molecular formula is C13H23N3O4. The summed E-state index contributed by atoms with van der Waals surface area (Å²) >= 11 is 0. The number of carboxylic acids is 1. The van der Waals surface area contributed by atoms with E-state index < -0.39 is 23.5 Å². The van der Waals surface area contributed by atoms with Crippen LogP contribution in [0.1, 0.15) is 26.7 Å². The number of amides is 3. The van der Waals surface area contributed by atoms with Crippen molar-refractivity contribution in [3.05, 3.63) is 0 Å². The van der Waals surface area contributed by atoms with Gasteiger partial charge in [0.15, 0.2) is 0 Å². The Balaban J connectivity index is 2.89. The van der Waals surface area contributed by atoms with Crippen molar-refractivity contribution in [1.82, 2.24) is 15.1 Å². The van der Waals surface area contributed by atoms with E-state index in [0.717, 1.165) is 12.8 Å². The van der Waals surface area contributed by atoms with Gasteiger partial charge >= 0.3 is 12.0 Å². The largest absolute Gasteiger partial charge is 0.480 e. The number of carbonyl (C=O) groups excluding carboxylic acids is 2. The zero-order chi connectivity index (χ0) is 15.5. The van der Waals surface area contributed by atoms with Gasteiger partial charge in [-0.1, -0.05) is 13.8 Å². The molecule has 0 saturated carbocycles. The van der Waals surface area contributed by atoms with E-state index >= 15 is 0 Å². The van der Waals surface area contributed by atoms with Crippen molar-refractivity contribution in [1.29, 1.82) is 0 Å². The molecule has 1 aliphatic rings. The number of urea groups is 1. The fraction of sp³-hybridized carbons (Fsp3) is 0.769. The summed E-state index contributed by atoms with van der Waals surface area (Å²) in [4.78, 5) is 37.8. The number of carboxylic acid groups (broad SMARTS) is 1. The highest BCUT2D eigenvalue weighted by Crippen LogP contribution is 2.35. The summed E-state index contributed by atoms with van der Waals surface area (Å²) in [6, 6.07) is -1.29. The summed E-state index contributed by atoms with van der Waals surface area (Å²) in [5.74, 6) is -1.29. The maximum Gasteiger partial charge on any atom is 0.327 e. The third kappa shape index (κ3) is 3.40. The number of nitrogens with zero attached hydrogens (tertiary/aromatic N) is 2. The van der Waals surface area contributed by atoms with Gasteiger partial charge in [0.2, 0.25) is 5.91 Å². The molecule has 1 fully saturated rings. The SMILES string of the molecule is CNC(=O)CN(C)C(=O)N1CCCC(C)(C)C1C(=O)O. The lowest BCUT2D eigenvalue weighted by atomic mass is 9.76. The second-order valence-corrected chi connectivity index (χ2v) is 5.84. The van der Waals surface area contributed by atoms with Crippen molar-refractivity contribution in [2.45, 2.75) is 32.7 Å². The smallest absolute Gasteiger partial charge is 0.327 e. The van der Waals surface area contributed by atoms with Crippen LogP contribution in [0.4, 0.5) is 4.79 Å². The molecule has 0 bridgehead atoms. The first-order chi connectivity index (χ1) is 9.20. The number of likely N-dealkylation sites (N-methyl/N-ethyl adjacent to an activating group) is 2. The lowest BCUT2D eigenvalue weighted by molar-refractivity contribution is -0.148. The molecule has 0 aromatic rings. The summed E-state index contributed by atoms with van der Waals surface area (Å²) in [5, 5.41) is 11.8. The molecule has 3 amide bonds. The highest BCUT2D eigenvalue weighted by molar-refractivity contribution is 5.87. The van der Waals surface area contributed by atoms with E-state index in [-0.39, 0.29) is 12.5 Å². The van der Waals surface area contributed by atoms with Crippen molar-refractivity contribution in [2.24, 2.45) is 5.41 Å². The van der Waals surface area contributed by atoms with Crippen LogP contribution >= 0.6 is 0 Å². The zero-order valence-corrected chi connectivity index (χ0v) is 12.5. The van der Waals surface area contributed by atoms with Crippen LogP contribution in [-0.4, -0.2) is 66.0 Å². The summed E-state index contributed by atoms with van der Waals surface area (Å²) in [7, 11) is 2.99. The van der Waals surface area contributed by atoms with Crippen LogP contribution in [0, 0.1) is 5.41 Å². The van der Waals surface area contributed by atoms with Crippen molar-refractivity contribution in [2.75, 3.05) is 27.2 Å². The minimum Gasteiger partial charge on any atom is -0.480 e. The highest BCUT2D eigenvalue weighted by atomic mass is 16.4. The Morgan fingerprint density at radius 2 is 2.00 bits per heavy atom. The van der Waals surface area contributed by atoms with Gasteiger partial charge < -0.3 is 20.2 Å². The molecule has 1 saturated heterocycles. The van der Waals surface area contributed by atoms with Gasteiger partial charge in [0.1, 0.15) is 12.6 Å². The first-order valence-corrected chi connectivity index (χ1v) is 6.66. The van der Waals surface area contributed by atoms with E-state index in [4.69, 9.17) is 0 Å². The maximum atomic E-state index is 12.4. The van der Waals surface area contributed by atoms with Gasteiger partial charge in [-0.3, -0.25) is 4.79 Å². The van der Waals surface area contributed by atoms with E-state index in [2.05, 4.69) is 5.32 Å². The van der Waals surface area contributed by atoms with Crippen LogP contribution in [0.15, 0.2) is 0 Å². The van der Waals surface area contributed by atoms with E-state index in [1.807, 2.05) is 13.8 Å². The summed E-state index contributed by atoms with van der Waals surface area (Å²) in [6.07, 6.45) is 1.52. The number of carbonyl (C=O) groups is 3. The molecule has 0 radical (unpaired) electrons. The Kier molecular flexibility index (Phi) is 4.97. The van der Waals surface area contributed by atoms with Gasteiger partial charge in [0, 0.05) is 20.6 Å². The minimum atomic E-state index is -1.00. The molecule has 7 nitrogen and oxygen atoms in total. The van der Waals surface area contributed by atoms with Crippen LogP contribution in [0.5, 0.6) is 0 Å². The van der Waals surface area contributed by atoms with Gasteiger partial charge in [-0.15, -0.1) is 0 Å². The normalized spacial score (nSPS) is 21.2. The van der Waals surface area contributed by atoms with Crippen molar-refractivity contribution in [3.8, 4) is 0 Å². The Hall–Kier alpha value is -1.79. The average molecular weight is 285 g/mol. The van der Waals surface area contributed by atoms with Crippen LogP contribution < -0.4 is 5.32 Å². The van der Waals surface area contributed by atoms with Crippen molar-refractivity contribution >= 4 is 17.9 Å². The fourth-order valence-electron chi connectivity index (χ4n) is 2.65. The van der Waals surface area contributed by atoms with Gasteiger partial charge in [-0.25, -0.2) is 9.59 Å². The van der Waals surface area contributed by atoms with Crippen molar-refractivity contribution in [3.63, 3.8) is 0 Å². The summed E-state index contributed by atoms with van der Waals surface area (Å²) in [6.45, 7) is 4.02. The molecule has 20 heavy (non-hydrogen) atoms. The first kappa shape index (κ1) is 16.3. The summed E-state index contributed by atoms with van der Waals surface area (Å²) in [5.41, 5.74) is -0.479. The maximum absolute atomic E-state index is 12.4. The summed E-state index contributed by atoms with van der Waals surface area (Å²) < 4.78 is 0. The Bertz CT molecular complexity index is 408. The third-order valence-electron chi connectivity index (χ3n) is 3.74.